The van der Waals surface area contributed by atoms with Crippen molar-refractivity contribution in [1.29, 1.82) is 0 Å². The van der Waals surface area contributed by atoms with Crippen LogP contribution in [0.1, 0.15) is 61.7 Å². The lowest BCUT2D eigenvalue weighted by molar-refractivity contribution is 0.0886. The van der Waals surface area contributed by atoms with E-state index in [1.165, 1.54) is 0 Å². The van der Waals surface area contributed by atoms with Crippen molar-refractivity contribution >= 4 is 5.91 Å². The molecule has 0 spiro atoms. The smallest absolute Gasteiger partial charge is 0.273 e. The summed E-state index contributed by atoms with van der Waals surface area (Å²) in [6, 6.07) is 1.75. The van der Waals surface area contributed by atoms with Crippen LogP contribution >= 0.6 is 0 Å². The number of hydrogen-bond acceptors (Lipinski definition) is 4. The molecule has 0 aromatic carbocycles. The summed E-state index contributed by atoms with van der Waals surface area (Å²) in [5, 5.41) is 6.82. The van der Waals surface area contributed by atoms with Gasteiger partial charge in [-0.15, -0.1) is 0 Å². The molecular weight excluding hydrogens is 230 g/mol. The van der Waals surface area contributed by atoms with Gasteiger partial charge < -0.3 is 15.6 Å². The van der Waals surface area contributed by atoms with Gasteiger partial charge >= 0.3 is 0 Å². The summed E-state index contributed by atoms with van der Waals surface area (Å²) < 4.78 is 5.18. The van der Waals surface area contributed by atoms with Crippen LogP contribution in [-0.2, 0) is 0 Å². The van der Waals surface area contributed by atoms with Crippen LogP contribution < -0.4 is 11.1 Å². The molecule has 1 saturated carbocycles. The molecule has 3 N–H and O–H groups in total. The SMILES string of the molecule is CCC(CC)(CN)NC(=O)c1cc(C2CC2)on1. The largest absolute Gasteiger partial charge is 0.360 e. The van der Waals surface area contributed by atoms with Crippen LogP contribution in [0.3, 0.4) is 0 Å². The molecule has 0 radical (unpaired) electrons. The van der Waals surface area contributed by atoms with Crippen molar-refractivity contribution in [2.75, 3.05) is 6.54 Å². The monoisotopic (exact) mass is 251 g/mol. The van der Waals surface area contributed by atoms with Gasteiger partial charge in [0, 0.05) is 18.5 Å². The van der Waals surface area contributed by atoms with E-state index in [2.05, 4.69) is 10.5 Å². The van der Waals surface area contributed by atoms with Crippen LogP contribution in [-0.4, -0.2) is 23.1 Å². The van der Waals surface area contributed by atoms with E-state index in [1.807, 2.05) is 13.8 Å². The third-order valence-electron chi connectivity index (χ3n) is 3.86. The topological polar surface area (TPSA) is 81.1 Å². The Labute approximate surface area is 107 Å². The van der Waals surface area contributed by atoms with Crippen molar-refractivity contribution in [1.82, 2.24) is 10.5 Å². The minimum atomic E-state index is -0.338. The highest BCUT2D eigenvalue weighted by Gasteiger charge is 2.31. The Morgan fingerprint density at radius 3 is 2.72 bits per heavy atom. The lowest BCUT2D eigenvalue weighted by Crippen LogP contribution is -2.52. The van der Waals surface area contributed by atoms with Gasteiger partial charge in [0.05, 0.1) is 5.54 Å². The van der Waals surface area contributed by atoms with E-state index < -0.39 is 0 Å². The molecule has 1 amide bonds. The zero-order chi connectivity index (χ0) is 13.2. The number of nitrogens with zero attached hydrogens (tertiary/aromatic N) is 1. The van der Waals surface area contributed by atoms with Crippen molar-refractivity contribution in [3.8, 4) is 0 Å². The Hall–Kier alpha value is -1.36. The van der Waals surface area contributed by atoms with E-state index in [0.717, 1.165) is 31.4 Å². The van der Waals surface area contributed by atoms with Crippen molar-refractivity contribution in [3.05, 3.63) is 17.5 Å². The van der Waals surface area contributed by atoms with Gasteiger partial charge in [-0.05, 0) is 25.7 Å². The van der Waals surface area contributed by atoms with Crippen molar-refractivity contribution in [2.24, 2.45) is 5.73 Å². The number of hydrogen-bond donors (Lipinski definition) is 2. The molecule has 1 heterocycles. The first-order chi connectivity index (χ1) is 8.64. The van der Waals surface area contributed by atoms with Crippen molar-refractivity contribution in [2.45, 2.75) is 51.0 Å². The molecule has 0 saturated heterocycles. The number of carbonyl (C=O) groups excluding carboxylic acids is 1. The fourth-order valence-corrected chi connectivity index (χ4v) is 2.03. The molecule has 1 aromatic rings. The maximum atomic E-state index is 12.1. The summed E-state index contributed by atoms with van der Waals surface area (Å²) in [5.41, 5.74) is 5.78. The van der Waals surface area contributed by atoms with Crippen molar-refractivity contribution in [3.63, 3.8) is 0 Å². The van der Waals surface area contributed by atoms with E-state index in [0.29, 0.717) is 18.2 Å². The summed E-state index contributed by atoms with van der Waals surface area (Å²) in [6.45, 7) is 4.48. The summed E-state index contributed by atoms with van der Waals surface area (Å²) in [4.78, 5) is 12.1. The maximum Gasteiger partial charge on any atom is 0.273 e. The molecule has 0 unspecified atom stereocenters. The minimum Gasteiger partial charge on any atom is -0.360 e. The van der Waals surface area contributed by atoms with Gasteiger partial charge in [-0.3, -0.25) is 4.79 Å². The molecule has 0 bridgehead atoms. The number of amides is 1. The molecule has 1 aromatic heterocycles. The quantitative estimate of drug-likeness (QED) is 0.807. The lowest BCUT2D eigenvalue weighted by atomic mass is 9.93. The second kappa shape index (κ2) is 5.10. The average Bonchev–Trinajstić information content (AvgIpc) is 3.13. The summed E-state index contributed by atoms with van der Waals surface area (Å²) in [6.07, 6.45) is 3.87. The predicted molar refractivity (Wildman–Crippen MR) is 68.3 cm³/mol. The summed E-state index contributed by atoms with van der Waals surface area (Å²) in [7, 11) is 0. The molecule has 0 atom stereocenters. The lowest BCUT2D eigenvalue weighted by Gasteiger charge is -2.30. The maximum absolute atomic E-state index is 12.1. The highest BCUT2D eigenvalue weighted by atomic mass is 16.5. The molecule has 0 aliphatic heterocycles. The van der Waals surface area contributed by atoms with Gasteiger partial charge in [0.25, 0.3) is 5.91 Å². The van der Waals surface area contributed by atoms with Crippen LogP contribution in [0.5, 0.6) is 0 Å². The predicted octanol–water partition coefficient (Wildman–Crippen LogP) is 1.80. The van der Waals surface area contributed by atoms with Gasteiger partial charge in [0.2, 0.25) is 0 Å². The van der Waals surface area contributed by atoms with E-state index >= 15 is 0 Å². The van der Waals surface area contributed by atoms with Crippen LogP contribution in [0.15, 0.2) is 10.6 Å². The molecular formula is C13H21N3O2. The first-order valence-electron chi connectivity index (χ1n) is 6.63. The Morgan fingerprint density at radius 2 is 2.22 bits per heavy atom. The Balaban J connectivity index is 2.05. The fourth-order valence-electron chi connectivity index (χ4n) is 2.03. The Kier molecular flexibility index (Phi) is 3.71. The fraction of sp³-hybridized carbons (Fsp3) is 0.692. The highest BCUT2D eigenvalue weighted by Crippen LogP contribution is 2.40. The van der Waals surface area contributed by atoms with E-state index in [4.69, 9.17) is 10.3 Å². The zero-order valence-corrected chi connectivity index (χ0v) is 11.0. The zero-order valence-electron chi connectivity index (χ0n) is 11.0. The number of rotatable bonds is 6. The average molecular weight is 251 g/mol. The molecule has 1 aliphatic rings. The van der Waals surface area contributed by atoms with Crippen LogP contribution in [0, 0.1) is 0 Å². The summed E-state index contributed by atoms with van der Waals surface area (Å²) in [5.74, 6) is 1.10. The first-order valence-corrected chi connectivity index (χ1v) is 6.63. The molecule has 5 nitrogen and oxygen atoms in total. The van der Waals surface area contributed by atoms with Gasteiger partial charge in [-0.1, -0.05) is 19.0 Å². The number of carbonyl (C=O) groups is 1. The van der Waals surface area contributed by atoms with Gasteiger partial charge in [0.15, 0.2) is 5.69 Å². The van der Waals surface area contributed by atoms with Gasteiger partial charge in [-0.25, -0.2) is 0 Å². The molecule has 5 heteroatoms. The molecule has 100 valence electrons. The van der Waals surface area contributed by atoms with Crippen LogP contribution in [0.2, 0.25) is 0 Å². The molecule has 2 rings (SSSR count). The van der Waals surface area contributed by atoms with Gasteiger partial charge in [0.1, 0.15) is 5.76 Å². The standard InChI is InChI=1S/C13H21N3O2/c1-3-13(4-2,8-14)15-12(17)10-7-11(18-16-10)9-5-6-9/h7,9H,3-6,8,14H2,1-2H3,(H,15,17). The van der Waals surface area contributed by atoms with Crippen LogP contribution in [0.25, 0.3) is 0 Å². The van der Waals surface area contributed by atoms with Crippen LogP contribution in [0.4, 0.5) is 0 Å². The van der Waals surface area contributed by atoms with Gasteiger partial charge in [-0.2, -0.15) is 0 Å². The number of aromatic nitrogens is 1. The third-order valence-corrected chi connectivity index (χ3v) is 3.86. The third kappa shape index (κ3) is 2.56. The Bertz CT molecular complexity index is 411. The minimum absolute atomic E-state index is 0.195. The molecule has 18 heavy (non-hydrogen) atoms. The summed E-state index contributed by atoms with van der Waals surface area (Å²) >= 11 is 0. The highest BCUT2D eigenvalue weighted by molar-refractivity contribution is 5.92. The molecule has 1 fully saturated rings. The number of nitrogens with one attached hydrogen (secondary N) is 1. The van der Waals surface area contributed by atoms with E-state index in [9.17, 15) is 4.79 Å². The molecule has 1 aliphatic carbocycles. The Morgan fingerprint density at radius 1 is 1.56 bits per heavy atom. The number of nitrogens with two attached hydrogens (primary N) is 1. The van der Waals surface area contributed by atoms with Crippen molar-refractivity contribution < 1.29 is 9.32 Å². The normalized spacial score (nSPS) is 15.7. The second-order valence-electron chi connectivity index (χ2n) is 5.03. The van der Waals surface area contributed by atoms with E-state index in [1.54, 1.807) is 6.07 Å². The second-order valence-corrected chi connectivity index (χ2v) is 5.03. The first kappa shape index (κ1) is 13.1. The van der Waals surface area contributed by atoms with E-state index in [-0.39, 0.29) is 11.4 Å².